The summed E-state index contributed by atoms with van der Waals surface area (Å²) in [6, 6.07) is 9.17. The molecule has 0 aliphatic rings. The van der Waals surface area contributed by atoms with Crippen LogP contribution in [0.1, 0.15) is 11.1 Å². The van der Waals surface area contributed by atoms with Gasteiger partial charge in [-0.25, -0.2) is 9.98 Å². The molecule has 0 saturated heterocycles. The molecule has 24 heavy (non-hydrogen) atoms. The number of rotatable bonds is 3. The fraction of sp³-hybridized carbons (Fsp3) is 0.0667. The van der Waals surface area contributed by atoms with Crippen molar-refractivity contribution in [2.75, 3.05) is 0 Å². The quantitative estimate of drug-likeness (QED) is 0.380. The number of aliphatic imine (C=N–C) groups is 1. The molecule has 0 N–H and O–H groups in total. The smallest absolute Gasteiger partial charge is 0.258 e. The number of alkyl halides is 3. The summed E-state index contributed by atoms with van der Waals surface area (Å²) in [6.07, 6.45) is -3.04. The second-order valence-corrected chi connectivity index (χ2v) is 5.80. The van der Waals surface area contributed by atoms with Gasteiger partial charge in [0.2, 0.25) is 5.13 Å². The maximum absolute atomic E-state index is 12.7. The highest BCUT2D eigenvalue weighted by atomic mass is 32.1. The SMILES string of the molecule is O=[N+]([O-])c1cccc(/C=N/c2nc3cc(C(F)(F)F)ccc3s2)c1. The number of hydrogen-bond acceptors (Lipinski definition) is 5. The highest BCUT2D eigenvalue weighted by Crippen LogP contribution is 2.34. The van der Waals surface area contributed by atoms with Gasteiger partial charge in [0.15, 0.2) is 0 Å². The summed E-state index contributed by atoms with van der Waals surface area (Å²) in [7, 11) is 0. The van der Waals surface area contributed by atoms with Crippen LogP contribution in [0.3, 0.4) is 0 Å². The maximum atomic E-state index is 12.7. The van der Waals surface area contributed by atoms with Crippen LogP contribution in [0.5, 0.6) is 0 Å². The number of nitro groups is 1. The lowest BCUT2D eigenvalue weighted by molar-refractivity contribution is -0.384. The fourth-order valence-electron chi connectivity index (χ4n) is 2.00. The summed E-state index contributed by atoms with van der Waals surface area (Å²) in [5.41, 5.74) is -0.131. The molecule has 0 unspecified atom stereocenters. The van der Waals surface area contributed by atoms with Gasteiger partial charge >= 0.3 is 6.18 Å². The van der Waals surface area contributed by atoms with Crippen LogP contribution in [0.2, 0.25) is 0 Å². The molecule has 0 aliphatic carbocycles. The van der Waals surface area contributed by atoms with E-state index in [1.54, 1.807) is 6.07 Å². The van der Waals surface area contributed by atoms with Crippen molar-refractivity contribution in [3.05, 3.63) is 63.7 Å². The van der Waals surface area contributed by atoms with Gasteiger partial charge in [0.1, 0.15) is 0 Å². The van der Waals surface area contributed by atoms with E-state index in [9.17, 15) is 23.3 Å². The molecule has 3 aromatic rings. The Kier molecular flexibility index (Phi) is 4.02. The Morgan fingerprint density at radius 3 is 2.71 bits per heavy atom. The lowest BCUT2D eigenvalue weighted by Crippen LogP contribution is -2.03. The number of benzene rings is 2. The number of non-ortho nitro benzene ring substituents is 1. The Hall–Kier alpha value is -2.81. The normalized spacial score (nSPS) is 12.1. The monoisotopic (exact) mass is 351 g/mol. The molecular weight excluding hydrogens is 343 g/mol. The first-order chi connectivity index (χ1) is 11.3. The van der Waals surface area contributed by atoms with E-state index in [1.807, 2.05) is 0 Å². The van der Waals surface area contributed by atoms with Crippen LogP contribution >= 0.6 is 11.3 Å². The summed E-state index contributed by atoms with van der Waals surface area (Å²) >= 11 is 1.14. The zero-order chi connectivity index (χ0) is 17.3. The van der Waals surface area contributed by atoms with E-state index < -0.39 is 16.7 Å². The Bertz CT molecular complexity index is 951. The van der Waals surface area contributed by atoms with E-state index in [-0.39, 0.29) is 16.3 Å². The number of hydrogen-bond donors (Lipinski definition) is 0. The van der Waals surface area contributed by atoms with E-state index in [0.29, 0.717) is 10.3 Å². The predicted octanol–water partition coefficient (Wildman–Crippen LogP) is 4.97. The average molecular weight is 351 g/mol. The Labute approximate surface area is 137 Å². The maximum Gasteiger partial charge on any atom is 0.416 e. The number of halogens is 3. The molecule has 0 aliphatic heterocycles. The molecular formula is C15H8F3N3O2S. The second kappa shape index (κ2) is 6.00. The molecule has 0 spiro atoms. The largest absolute Gasteiger partial charge is 0.416 e. The molecule has 5 nitrogen and oxygen atoms in total. The lowest BCUT2D eigenvalue weighted by atomic mass is 10.2. The minimum absolute atomic E-state index is 0.0712. The van der Waals surface area contributed by atoms with Crippen molar-refractivity contribution < 1.29 is 18.1 Å². The predicted molar refractivity (Wildman–Crippen MR) is 85.0 cm³/mol. The Morgan fingerprint density at radius 1 is 1.21 bits per heavy atom. The third-order valence-electron chi connectivity index (χ3n) is 3.11. The zero-order valence-electron chi connectivity index (χ0n) is 11.8. The highest BCUT2D eigenvalue weighted by Gasteiger charge is 2.30. The summed E-state index contributed by atoms with van der Waals surface area (Å²) in [6.45, 7) is 0. The summed E-state index contributed by atoms with van der Waals surface area (Å²) in [5.74, 6) is 0. The van der Waals surface area contributed by atoms with Gasteiger partial charge in [0.05, 0.1) is 20.7 Å². The molecule has 1 heterocycles. The molecule has 0 amide bonds. The fourth-order valence-corrected chi connectivity index (χ4v) is 2.79. The molecule has 9 heteroatoms. The van der Waals surface area contributed by atoms with E-state index >= 15 is 0 Å². The van der Waals surface area contributed by atoms with Crippen molar-refractivity contribution in [2.45, 2.75) is 6.18 Å². The van der Waals surface area contributed by atoms with Gasteiger partial charge < -0.3 is 0 Å². The number of fused-ring (bicyclic) bond motifs is 1. The number of aromatic nitrogens is 1. The minimum Gasteiger partial charge on any atom is -0.258 e. The summed E-state index contributed by atoms with van der Waals surface area (Å²) < 4.78 is 38.6. The van der Waals surface area contributed by atoms with Crippen LogP contribution in [-0.2, 0) is 6.18 Å². The topological polar surface area (TPSA) is 68.4 Å². The molecule has 0 bridgehead atoms. The summed E-state index contributed by atoms with van der Waals surface area (Å²) in [4.78, 5) is 18.3. The van der Waals surface area contributed by atoms with Crippen LogP contribution in [-0.4, -0.2) is 16.1 Å². The third-order valence-corrected chi connectivity index (χ3v) is 4.05. The zero-order valence-corrected chi connectivity index (χ0v) is 12.6. The Morgan fingerprint density at radius 2 is 2.00 bits per heavy atom. The van der Waals surface area contributed by atoms with Crippen LogP contribution < -0.4 is 0 Å². The van der Waals surface area contributed by atoms with Crippen molar-refractivity contribution in [1.29, 1.82) is 0 Å². The van der Waals surface area contributed by atoms with Crippen molar-refractivity contribution in [3.63, 3.8) is 0 Å². The van der Waals surface area contributed by atoms with Crippen molar-refractivity contribution in [3.8, 4) is 0 Å². The standard InChI is InChI=1S/C15H8F3N3O2S/c16-15(17,18)10-4-5-13-12(7-10)20-14(24-13)19-8-9-2-1-3-11(6-9)21(22)23/h1-8H/b19-8+. The van der Waals surface area contributed by atoms with Crippen LogP contribution in [0.25, 0.3) is 10.2 Å². The third kappa shape index (κ3) is 3.40. The number of nitrogens with zero attached hydrogens (tertiary/aromatic N) is 3. The van der Waals surface area contributed by atoms with Crippen LogP contribution in [0.4, 0.5) is 24.0 Å². The van der Waals surface area contributed by atoms with Gasteiger partial charge in [-0.1, -0.05) is 23.5 Å². The van der Waals surface area contributed by atoms with Gasteiger partial charge in [-0.05, 0) is 23.8 Å². The van der Waals surface area contributed by atoms with Gasteiger partial charge in [-0.2, -0.15) is 13.2 Å². The van der Waals surface area contributed by atoms with Gasteiger partial charge in [0, 0.05) is 18.3 Å². The molecule has 0 atom stereocenters. The summed E-state index contributed by atoms with van der Waals surface area (Å²) in [5, 5.41) is 11.0. The molecule has 0 fully saturated rings. The lowest BCUT2D eigenvalue weighted by Gasteiger charge is -2.04. The van der Waals surface area contributed by atoms with Crippen molar-refractivity contribution >= 4 is 38.6 Å². The van der Waals surface area contributed by atoms with E-state index in [2.05, 4.69) is 9.98 Å². The number of thiazole rings is 1. The van der Waals surface area contributed by atoms with Gasteiger partial charge in [0.25, 0.3) is 5.69 Å². The van der Waals surface area contributed by atoms with E-state index in [0.717, 1.165) is 23.5 Å². The van der Waals surface area contributed by atoms with E-state index in [1.165, 1.54) is 30.5 Å². The second-order valence-electron chi connectivity index (χ2n) is 4.79. The minimum atomic E-state index is -4.43. The van der Waals surface area contributed by atoms with Crippen LogP contribution in [0.15, 0.2) is 47.5 Å². The molecule has 122 valence electrons. The Balaban J connectivity index is 1.90. The van der Waals surface area contributed by atoms with Crippen LogP contribution in [0, 0.1) is 10.1 Å². The molecule has 2 aromatic carbocycles. The molecule has 1 aromatic heterocycles. The number of nitro benzene ring substituents is 1. The average Bonchev–Trinajstić information content (AvgIpc) is 2.94. The first-order valence-electron chi connectivity index (χ1n) is 6.59. The van der Waals surface area contributed by atoms with E-state index in [4.69, 9.17) is 0 Å². The van der Waals surface area contributed by atoms with Crippen molar-refractivity contribution in [1.82, 2.24) is 4.98 Å². The van der Waals surface area contributed by atoms with Gasteiger partial charge in [-0.15, -0.1) is 0 Å². The first-order valence-corrected chi connectivity index (χ1v) is 7.41. The van der Waals surface area contributed by atoms with Gasteiger partial charge in [-0.3, -0.25) is 10.1 Å². The van der Waals surface area contributed by atoms with Crippen molar-refractivity contribution in [2.24, 2.45) is 4.99 Å². The molecule has 3 rings (SSSR count). The molecule has 0 saturated carbocycles. The first kappa shape index (κ1) is 16.1. The molecule has 0 radical (unpaired) electrons. The highest BCUT2D eigenvalue weighted by molar-refractivity contribution is 7.22.